The van der Waals surface area contributed by atoms with E-state index in [1.54, 1.807) is 24.3 Å². The number of phenolic OH excluding ortho intramolecular Hbond substituents is 2. The number of unbranched alkanes of at least 4 members (excludes halogenated alkanes) is 1. The van der Waals surface area contributed by atoms with Gasteiger partial charge >= 0.3 is 6.18 Å². The number of rotatable bonds is 7. The number of aromatic hydroxyl groups is 2. The van der Waals surface area contributed by atoms with Crippen molar-refractivity contribution in [2.75, 3.05) is 12.5 Å². The van der Waals surface area contributed by atoms with Crippen LogP contribution in [0.3, 0.4) is 0 Å². The normalized spacial score (nSPS) is 21.7. The zero-order valence-corrected chi connectivity index (χ0v) is 19.3. The Kier molecular flexibility index (Phi) is 7.05. The highest BCUT2D eigenvalue weighted by Gasteiger charge is 2.65. The molecule has 0 spiro atoms. The van der Waals surface area contributed by atoms with Gasteiger partial charge in [-0.1, -0.05) is 24.3 Å². The Morgan fingerprint density at radius 3 is 2.14 bits per heavy atom. The molecule has 0 aromatic heterocycles. The molecule has 35 heavy (non-hydrogen) atoms. The summed E-state index contributed by atoms with van der Waals surface area (Å²) < 4.78 is 55.5. The van der Waals surface area contributed by atoms with Crippen molar-refractivity contribution < 1.29 is 38.0 Å². The number of benzene rings is 3. The van der Waals surface area contributed by atoms with Crippen LogP contribution in [0.15, 0.2) is 66.7 Å². The number of hydrogen-bond donors (Lipinski definition) is 3. The highest BCUT2D eigenvalue weighted by Crippen LogP contribution is 2.60. The molecule has 3 aromatic carbocycles. The lowest BCUT2D eigenvalue weighted by Gasteiger charge is -2.46. The summed E-state index contributed by atoms with van der Waals surface area (Å²) in [6.45, 7) is 0.447. The molecule has 1 aliphatic heterocycles. The average Bonchev–Trinajstić information content (AvgIpc) is 2.82. The van der Waals surface area contributed by atoms with Crippen LogP contribution in [0.5, 0.6) is 23.0 Å². The number of halogens is 4. The molecule has 3 N–H and O–H groups in total. The first-order chi connectivity index (χ1) is 16.6. The van der Waals surface area contributed by atoms with Crippen LogP contribution in [-0.2, 0) is 5.60 Å². The van der Waals surface area contributed by atoms with E-state index in [1.165, 1.54) is 24.3 Å². The summed E-state index contributed by atoms with van der Waals surface area (Å²) in [6, 6.07) is 14.7. The first-order valence-electron chi connectivity index (χ1n) is 11.0. The monoisotopic (exact) mass is 508 g/mol. The predicted octanol–water partition coefficient (Wildman–Crippen LogP) is 6.16. The third kappa shape index (κ3) is 4.86. The summed E-state index contributed by atoms with van der Waals surface area (Å²) >= 11 is 5.66. The minimum Gasteiger partial charge on any atom is -0.508 e. The van der Waals surface area contributed by atoms with Crippen molar-refractivity contribution in [1.29, 1.82) is 0 Å². The largest absolute Gasteiger partial charge is 0.508 e. The van der Waals surface area contributed by atoms with Crippen molar-refractivity contribution in [3.8, 4) is 23.0 Å². The molecule has 4 rings (SSSR count). The Labute approximate surface area is 205 Å². The topological polar surface area (TPSA) is 79.2 Å². The second-order valence-electron chi connectivity index (χ2n) is 8.37. The van der Waals surface area contributed by atoms with Gasteiger partial charge < -0.3 is 24.8 Å². The van der Waals surface area contributed by atoms with Gasteiger partial charge in [0.05, 0.1) is 12.5 Å². The van der Waals surface area contributed by atoms with Crippen molar-refractivity contribution in [3.05, 3.63) is 83.4 Å². The lowest BCUT2D eigenvalue weighted by Crippen LogP contribution is -2.52. The number of phenols is 2. The highest BCUT2D eigenvalue weighted by atomic mass is 35.5. The second-order valence-corrected chi connectivity index (χ2v) is 8.74. The Morgan fingerprint density at radius 2 is 1.51 bits per heavy atom. The molecule has 0 saturated carbocycles. The molecule has 186 valence electrons. The molecule has 0 saturated heterocycles. The van der Waals surface area contributed by atoms with Crippen LogP contribution in [0, 0.1) is 0 Å². The van der Waals surface area contributed by atoms with Crippen LogP contribution in [0.25, 0.3) is 0 Å². The fourth-order valence-electron chi connectivity index (χ4n) is 4.34. The molecular weight excluding hydrogens is 485 g/mol. The molecule has 0 aliphatic carbocycles. The van der Waals surface area contributed by atoms with E-state index in [0.717, 1.165) is 31.0 Å². The number of hydrogen-bond acceptors (Lipinski definition) is 5. The average molecular weight is 509 g/mol. The van der Waals surface area contributed by atoms with Crippen molar-refractivity contribution in [2.45, 2.75) is 36.6 Å². The third-order valence-electron chi connectivity index (χ3n) is 6.07. The summed E-state index contributed by atoms with van der Waals surface area (Å²) in [5, 5.41) is 31.0. The Hall–Kier alpha value is -3.10. The molecule has 0 fully saturated rings. The SMILES string of the molecule is Oc1ccc(C2C(c3ccc(OCCCCCl)cc3)Oc3cc(O)ccc3C2(O)C(F)(F)F)cc1. The van der Waals surface area contributed by atoms with Gasteiger partial charge in [-0.15, -0.1) is 11.6 Å². The standard InChI is InChI=1S/C26H24ClF3O5/c27-13-1-2-14-34-20-10-5-17(6-11-20)24-23(16-3-7-18(31)8-4-16)25(33,26(28,29)30)21-12-9-19(32)15-22(21)35-24/h3-12,15,23-24,31-33H,1-2,13-14H2. The van der Waals surface area contributed by atoms with Gasteiger partial charge in [0.1, 0.15) is 29.1 Å². The maximum absolute atomic E-state index is 14.6. The zero-order chi connectivity index (χ0) is 25.2. The highest BCUT2D eigenvalue weighted by molar-refractivity contribution is 6.17. The summed E-state index contributed by atoms with van der Waals surface area (Å²) in [7, 11) is 0. The van der Waals surface area contributed by atoms with Crippen molar-refractivity contribution in [2.24, 2.45) is 0 Å². The maximum Gasteiger partial charge on any atom is 0.422 e. The first-order valence-corrected chi connectivity index (χ1v) is 11.6. The van der Waals surface area contributed by atoms with E-state index < -0.39 is 29.4 Å². The van der Waals surface area contributed by atoms with Gasteiger partial charge in [0.25, 0.3) is 0 Å². The molecule has 0 radical (unpaired) electrons. The molecule has 3 aromatic rings. The molecule has 1 heterocycles. The quantitative estimate of drug-likeness (QED) is 0.263. The summed E-state index contributed by atoms with van der Waals surface area (Å²) in [6.07, 6.45) is -4.80. The molecule has 0 amide bonds. The fraction of sp³-hybridized carbons (Fsp3) is 0.308. The molecule has 5 nitrogen and oxygen atoms in total. The van der Waals surface area contributed by atoms with Gasteiger partial charge in [-0.05, 0) is 60.4 Å². The summed E-state index contributed by atoms with van der Waals surface area (Å²) in [5.41, 5.74) is -3.36. The number of alkyl halides is 4. The van der Waals surface area contributed by atoms with Crippen LogP contribution in [0.4, 0.5) is 13.2 Å². The Balaban J connectivity index is 1.81. The van der Waals surface area contributed by atoms with Crippen LogP contribution in [0.2, 0.25) is 0 Å². The maximum atomic E-state index is 14.6. The van der Waals surface area contributed by atoms with Gasteiger partial charge in [-0.3, -0.25) is 0 Å². The van der Waals surface area contributed by atoms with Crippen molar-refractivity contribution in [3.63, 3.8) is 0 Å². The van der Waals surface area contributed by atoms with E-state index >= 15 is 0 Å². The lowest BCUT2D eigenvalue weighted by molar-refractivity contribution is -0.288. The number of fused-ring (bicyclic) bond motifs is 1. The van der Waals surface area contributed by atoms with Gasteiger partial charge in [0.2, 0.25) is 0 Å². The first kappa shape index (κ1) is 25.0. The smallest absolute Gasteiger partial charge is 0.422 e. The van der Waals surface area contributed by atoms with Crippen molar-refractivity contribution >= 4 is 11.6 Å². The predicted molar refractivity (Wildman–Crippen MR) is 124 cm³/mol. The van der Waals surface area contributed by atoms with E-state index in [0.29, 0.717) is 23.8 Å². The Bertz CT molecular complexity index is 1150. The molecular formula is C26H24ClF3O5. The number of ether oxygens (including phenoxy) is 2. The molecule has 1 aliphatic rings. The van der Waals surface area contributed by atoms with Gasteiger partial charge in [0.15, 0.2) is 5.60 Å². The minimum atomic E-state index is -5.09. The lowest BCUT2D eigenvalue weighted by atomic mass is 9.70. The van der Waals surface area contributed by atoms with Gasteiger partial charge in [-0.25, -0.2) is 0 Å². The van der Waals surface area contributed by atoms with E-state index in [-0.39, 0.29) is 22.8 Å². The van der Waals surface area contributed by atoms with Crippen LogP contribution < -0.4 is 9.47 Å². The van der Waals surface area contributed by atoms with Gasteiger partial charge in [0, 0.05) is 17.5 Å². The summed E-state index contributed by atoms with van der Waals surface area (Å²) in [4.78, 5) is 0. The van der Waals surface area contributed by atoms with E-state index in [2.05, 4.69) is 0 Å². The van der Waals surface area contributed by atoms with Crippen LogP contribution in [0.1, 0.15) is 41.6 Å². The van der Waals surface area contributed by atoms with E-state index in [9.17, 15) is 28.5 Å². The van der Waals surface area contributed by atoms with Gasteiger partial charge in [-0.2, -0.15) is 13.2 Å². The third-order valence-corrected chi connectivity index (χ3v) is 6.34. The summed E-state index contributed by atoms with van der Waals surface area (Å²) in [5.74, 6) is -1.25. The molecule has 3 atom stereocenters. The Morgan fingerprint density at radius 1 is 0.886 bits per heavy atom. The molecule has 9 heteroatoms. The second kappa shape index (κ2) is 9.87. The molecule has 3 unspecified atom stereocenters. The number of aliphatic hydroxyl groups is 1. The fourth-order valence-corrected chi connectivity index (χ4v) is 4.53. The van der Waals surface area contributed by atoms with E-state index in [4.69, 9.17) is 21.1 Å². The minimum absolute atomic E-state index is 0.118. The molecule has 0 bridgehead atoms. The van der Waals surface area contributed by atoms with E-state index in [1.807, 2.05) is 0 Å². The van der Waals surface area contributed by atoms with Crippen LogP contribution >= 0.6 is 11.6 Å². The zero-order valence-electron chi connectivity index (χ0n) is 18.5. The van der Waals surface area contributed by atoms with Crippen LogP contribution in [-0.4, -0.2) is 34.0 Å². The van der Waals surface area contributed by atoms with Crippen molar-refractivity contribution in [1.82, 2.24) is 0 Å².